The first kappa shape index (κ1) is 13.5. The molecule has 3 N–H and O–H groups in total. The van der Waals surface area contributed by atoms with Crippen molar-refractivity contribution in [3.8, 4) is 0 Å². The minimum atomic E-state index is 0.333. The zero-order valence-corrected chi connectivity index (χ0v) is 8.48. The second-order valence-electron chi connectivity index (χ2n) is 2.99. The zero-order chi connectivity index (χ0) is 9.11. The summed E-state index contributed by atoms with van der Waals surface area (Å²) >= 11 is 0. The van der Waals surface area contributed by atoms with Gasteiger partial charge in [-0.2, -0.15) is 0 Å². The van der Waals surface area contributed by atoms with E-state index in [2.05, 4.69) is 19.2 Å². The highest BCUT2D eigenvalue weighted by atomic mass is 14.8. The van der Waals surface area contributed by atoms with Crippen LogP contribution in [0.5, 0.6) is 0 Å². The lowest BCUT2D eigenvalue weighted by molar-refractivity contribution is 0.662. The molecule has 2 heteroatoms. The average Bonchev–Trinajstić information content (AvgIpc) is 1.88. The summed E-state index contributed by atoms with van der Waals surface area (Å²) in [5, 5.41) is 3.28. The van der Waals surface area contributed by atoms with E-state index in [1.165, 1.54) is 25.9 Å². The summed E-state index contributed by atoms with van der Waals surface area (Å²) in [6.45, 7) is 10.6. The van der Waals surface area contributed by atoms with E-state index in [1.807, 2.05) is 13.8 Å². The van der Waals surface area contributed by atoms with Crippen molar-refractivity contribution in [2.24, 2.45) is 5.73 Å². The third kappa shape index (κ3) is 40.5. The fourth-order valence-corrected chi connectivity index (χ4v) is 0.479. The van der Waals surface area contributed by atoms with Gasteiger partial charge in [-0.15, -0.1) is 0 Å². The van der Waals surface area contributed by atoms with E-state index in [-0.39, 0.29) is 0 Å². The lowest BCUT2D eigenvalue weighted by Gasteiger charge is -1.95. The summed E-state index contributed by atoms with van der Waals surface area (Å²) in [5.41, 5.74) is 5.11. The van der Waals surface area contributed by atoms with Gasteiger partial charge in [0, 0.05) is 0 Å². The van der Waals surface area contributed by atoms with Gasteiger partial charge in [-0.1, -0.05) is 27.7 Å². The van der Waals surface area contributed by atoms with Gasteiger partial charge in [0.25, 0.3) is 0 Å². The Morgan fingerprint density at radius 1 is 1.09 bits per heavy atom. The standard InChI is InChI=1S/C6H15N.C3H9N/c1-3-5-7-6-4-2;1-3(2)4/h7H,3-6H2,1-2H3;3H,4H2,1-2H3. The Morgan fingerprint density at radius 3 is 1.55 bits per heavy atom. The number of hydrogen-bond donors (Lipinski definition) is 2. The normalized spacial score (nSPS) is 9.27. The fourth-order valence-electron chi connectivity index (χ4n) is 0.479. The van der Waals surface area contributed by atoms with Crippen LogP contribution in [0.4, 0.5) is 0 Å². The molecule has 0 unspecified atom stereocenters. The Hall–Kier alpha value is -0.0800. The Morgan fingerprint density at radius 2 is 1.36 bits per heavy atom. The van der Waals surface area contributed by atoms with E-state index in [0.717, 1.165) is 0 Å². The molecule has 0 radical (unpaired) electrons. The number of rotatable bonds is 4. The Bertz CT molecular complexity index is 46.8. The molecule has 0 spiro atoms. The molecule has 0 aliphatic heterocycles. The molecule has 0 fully saturated rings. The first-order chi connectivity index (χ1) is 5.15. The highest BCUT2D eigenvalue weighted by Crippen LogP contribution is 1.71. The van der Waals surface area contributed by atoms with Gasteiger partial charge < -0.3 is 11.1 Å². The molecule has 0 saturated heterocycles. The monoisotopic (exact) mass is 160 g/mol. The van der Waals surface area contributed by atoms with Gasteiger partial charge in [0.05, 0.1) is 0 Å². The summed E-state index contributed by atoms with van der Waals surface area (Å²) in [5.74, 6) is 0. The Kier molecular flexibility index (Phi) is 15.4. The van der Waals surface area contributed by atoms with E-state index in [4.69, 9.17) is 5.73 Å². The van der Waals surface area contributed by atoms with Gasteiger partial charge >= 0.3 is 0 Å². The van der Waals surface area contributed by atoms with Crippen molar-refractivity contribution in [3.63, 3.8) is 0 Å². The van der Waals surface area contributed by atoms with Crippen molar-refractivity contribution in [2.45, 2.75) is 46.6 Å². The molecular weight excluding hydrogens is 136 g/mol. The molecule has 0 bridgehead atoms. The molecule has 70 valence electrons. The number of nitrogens with two attached hydrogens (primary N) is 1. The molecule has 0 aliphatic carbocycles. The maximum Gasteiger partial charge on any atom is -0.00179 e. The highest BCUT2D eigenvalue weighted by molar-refractivity contribution is 4.39. The minimum Gasteiger partial charge on any atom is -0.328 e. The van der Waals surface area contributed by atoms with Crippen LogP contribution in [0.3, 0.4) is 0 Å². The van der Waals surface area contributed by atoms with Crippen LogP contribution in [0.15, 0.2) is 0 Å². The van der Waals surface area contributed by atoms with Crippen molar-refractivity contribution < 1.29 is 0 Å². The molecule has 11 heavy (non-hydrogen) atoms. The summed E-state index contributed by atoms with van der Waals surface area (Å²) in [6.07, 6.45) is 2.50. The Balaban J connectivity index is 0. The molecule has 0 aliphatic rings. The Labute approximate surface area is 71.6 Å². The molecule has 2 nitrogen and oxygen atoms in total. The second-order valence-corrected chi connectivity index (χ2v) is 2.99. The fraction of sp³-hybridized carbons (Fsp3) is 1.00. The third-order valence-corrected chi connectivity index (χ3v) is 0.854. The van der Waals surface area contributed by atoms with Crippen molar-refractivity contribution in [2.75, 3.05) is 13.1 Å². The van der Waals surface area contributed by atoms with E-state index in [0.29, 0.717) is 6.04 Å². The van der Waals surface area contributed by atoms with Crippen LogP contribution in [0.25, 0.3) is 0 Å². The zero-order valence-electron chi connectivity index (χ0n) is 8.48. The average molecular weight is 160 g/mol. The van der Waals surface area contributed by atoms with Crippen LogP contribution < -0.4 is 11.1 Å². The lowest BCUT2D eigenvalue weighted by atomic mass is 10.4. The van der Waals surface area contributed by atoms with E-state index in [9.17, 15) is 0 Å². The van der Waals surface area contributed by atoms with Crippen LogP contribution in [-0.2, 0) is 0 Å². The van der Waals surface area contributed by atoms with Gasteiger partial charge in [-0.05, 0) is 32.0 Å². The maximum atomic E-state index is 5.11. The molecule has 0 rings (SSSR count). The molecule has 0 aromatic heterocycles. The van der Waals surface area contributed by atoms with Crippen molar-refractivity contribution in [1.82, 2.24) is 5.32 Å². The van der Waals surface area contributed by atoms with E-state index in [1.54, 1.807) is 0 Å². The maximum absolute atomic E-state index is 5.11. The van der Waals surface area contributed by atoms with Crippen LogP contribution >= 0.6 is 0 Å². The predicted octanol–water partition coefficient (Wildman–Crippen LogP) is 1.75. The lowest BCUT2D eigenvalue weighted by Crippen LogP contribution is -2.14. The first-order valence-corrected chi connectivity index (χ1v) is 4.61. The van der Waals surface area contributed by atoms with Crippen molar-refractivity contribution >= 4 is 0 Å². The molecule has 0 atom stereocenters. The SMILES string of the molecule is CC(C)N.CCCNCCC. The molecule has 0 saturated carbocycles. The first-order valence-electron chi connectivity index (χ1n) is 4.61. The summed E-state index contributed by atoms with van der Waals surface area (Å²) in [7, 11) is 0. The molecule has 0 amide bonds. The number of nitrogens with one attached hydrogen (secondary N) is 1. The van der Waals surface area contributed by atoms with E-state index >= 15 is 0 Å². The topological polar surface area (TPSA) is 38.0 Å². The number of hydrogen-bond acceptors (Lipinski definition) is 2. The van der Waals surface area contributed by atoms with Gasteiger partial charge in [-0.25, -0.2) is 0 Å². The van der Waals surface area contributed by atoms with Gasteiger partial charge in [0.1, 0.15) is 0 Å². The van der Waals surface area contributed by atoms with E-state index < -0.39 is 0 Å². The molecule has 0 aromatic carbocycles. The highest BCUT2D eigenvalue weighted by Gasteiger charge is 1.76. The smallest absolute Gasteiger partial charge is 0.00179 e. The van der Waals surface area contributed by atoms with Crippen LogP contribution in [0.2, 0.25) is 0 Å². The van der Waals surface area contributed by atoms with Crippen LogP contribution in [0.1, 0.15) is 40.5 Å². The summed E-state index contributed by atoms with van der Waals surface area (Å²) in [6, 6.07) is 0.333. The summed E-state index contributed by atoms with van der Waals surface area (Å²) in [4.78, 5) is 0. The predicted molar refractivity (Wildman–Crippen MR) is 52.8 cm³/mol. The molecule has 0 aromatic rings. The molecule has 0 heterocycles. The summed E-state index contributed by atoms with van der Waals surface area (Å²) < 4.78 is 0. The second kappa shape index (κ2) is 12.6. The van der Waals surface area contributed by atoms with Crippen LogP contribution in [-0.4, -0.2) is 19.1 Å². The molecular formula is C9H24N2. The van der Waals surface area contributed by atoms with Gasteiger partial charge in [0.2, 0.25) is 0 Å². The third-order valence-electron chi connectivity index (χ3n) is 0.854. The largest absolute Gasteiger partial charge is 0.328 e. The quantitative estimate of drug-likeness (QED) is 0.615. The van der Waals surface area contributed by atoms with Crippen molar-refractivity contribution in [3.05, 3.63) is 0 Å². The van der Waals surface area contributed by atoms with Crippen molar-refractivity contribution in [1.29, 1.82) is 0 Å². The van der Waals surface area contributed by atoms with Gasteiger partial charge in [-0.3, -0.25) is 0 Å². The van der Waals surface area contributed by atoms with Crippen LogP contribution in [0, 0.1) is 0 Å². The van der Waals surface area contributed by atoms with Gasteiger partial charge in [0.15, 0.2) is 0 Å². The minimum absolute atomic E-state index is 0.333.